The van der Waals surface area contributed by atoms with Crippen molar-refractivity contribution < 1.29 is 9.47 Å². The predicted molar refractivity (Wildman–Crippen MR) is 57.9 cm³/mol. The van der Waals surface area contributed by atoms with Gasteiger partial charge in [0.25, 0.3) is 0 Å². The molecule has 5 heteroatoms. The molecule has 1 heterocycles. The Balaban J connectivity index is 2.20. The molecule has 1 aromatic rings. The van der Waals surface area contributed by atoms with Crippen LogP contribution in [0.2, 0.25) is 0 Å². The lowest BCUT2D eigenvalue weighted by atomic mass is 10.2. The molecule has 0 fully saturated rings. The largest absolute Gasteiger partial charge is 0.474 e. The van der Waals surface area contributed by atoms with Crippen molar-refractivity contribution in [3.05, 3.63) is 18.1 Å². The van der Waals surface area contributed by atoms with E-state index >= 15 is 0 Å². The van der Waals surface area contributed by atoms with Crippen molar-refractivity contribution in [2.24, 2.45) is 5.92 Å². The molecular weight excluding hydrogens is 206 g/mol. The average molecular weight is 221 g/mol. The third-order valence-electron chi connectivity index (χ3n) is 1.67. The molecule has 16 heavy (non-hydrogen) atoms. The van der Waals surface area contributed by atoms with Gasteiger partial charge < -0.3 is 9.47 Å². The Morgan fingerprint density at radius 3 is 2.69 bits per heavy atom. The van der Waals surface area contributed by atoms with Crippen molar-refractivity contribution >= 4 is 0 Å². The van der Waals surface area contributed by atoms with E-state index in [1.54, 1.807) is 0 Å². The number of hydrogen-bond donors (Lipinski definition) is 0. The number of rotatable bonds is 6. The van der Waals surface area contributed by atoms with Gasteiger partial charge in [-0.1, -0.05) is 13.8 Å². The number of aromatic nitrogens is 2. The number of hydrogen-bond acceptors (Lipinski definition) is 5. The second-order valence-corrected chi connectivity index (χ2v) is 3.67. The molecule has 1 rings (SSSR count). The molecule has 0 aliphatic rings. The molecule has 0 aromatic carbocycles. The van der Waals surface area contributed by atoms with Gasteiger partial charge in [0, 0.05) is 6.61 Å². The van der Waals surface area contributed by atoms with Gasteiger partial charge in [-0.3, -0.25) is 0 Å². The van der Waals surface area contributed by atoms with E-state index in [-0.39, 0.29) is 5.69 Å². The minimum atomic E-state index is 0.281. The molecule has 0 bridgehead atoms. The van der Waals surface area contributed by atoms with E-state index < -0.39 is 0 Å². The van der Waals surface area contributed by atoms with Crippen LogP contribution in [-0.4, -0.2) is 29.8 Å². The fourth-order valence-electron chi connectivity index (χ4n) is 0.973. The monoisotopic (exact) mass is 221 g/mol. The van der Waals surface area contributed by atoms with Crippen LogP contribution in [0.1, 0.15) is 19.5 Å². The minimum absolute atomic E-state index is 0.281. The quantitative estimate of drug-likeness (QED) is 0.679. The van der Waals surface area contributed by atoms with Gasteiger partial charge in [0.1, 0.15) is 12.7 Å². The molecule has 0 spiro atoms. The van der Waals surface area contributed by atoms with Crippen LogP contribution in [0.3, 0.4) is 0 Å². The van der Waals surface area contributed by atoms with E-state index in [2.05, 4.69) is 23.8 Å². The van der Waals surface area contributed by atoms with Gasteiger partial charge in [-0.05, 0) is 5.92 Å². The lowest BCUT2D eigenvalue weighted by Gasteiger charge is -2.07. The van der Waals surface area contributed by atoms with E-state index in [9.17, 15) is 0 Å². The van der Waals surface area contributed by atoms with Crippen LogP contribution < -0.4 is 4.74 Å². The van der Waals surface area contributed by atoms with Crippen LogP contribution in [0, 0.1) is 17.2 Å². The summed E-state index contributed by atoms with van der Waals surface area (Å²) in [5.41, 5.74) is 0.281. The van der Waals surface area contributed by atoms with Crippen molar-refractivity contribution in [3.63, 3.8) is 0 Å². The molecule has 0 atom stereocenters. The van der Waals surface area contributed by atoms with Crippen LogP contribution in [-0.2, 0) is 4.74 Å². The summed E-state index contributed by atoms with van der Waals surface area (Å²) in [6.45, 7) is 5.87. The smallest absolute Gasteiger partial charge is 0.232 e. The van der Waals surface area contributed by atoms with Gasteiger partial charge in [-0.25, -0.2) is 9.97 Å². The van der Waals surface area contributed by atoms with Crippen LogP contribution in [0.15, 0.2) is 12.4 Å². The first-order valence-corrected chi connectivity index (χ1v) is 5.15. The molecule has 0 saturated heterocycles. The first kappa shape index (κ1) is 12.4. The molecular formula is C11H15N3O2. The summed E-state index contributed by atoms with van der Waals surface area (Å²) in [6.07, 6.45) is 2.81. The first-order chi connectivity index (χ1) is 7.72. The van der Waals surface area contributed by atoms with E-state index in [1.165, 1.54) is 12.4 Å². The fraction of sp³-hybridized carbons (Fsp3) is 0.545. The molecule has 0 aliphatic heterocycles. The van der Waals surface area contributed by atoms with Gasteiger partial charge in [0.05, 0.1) is 19.0 Å². The average Bonchev–Trinajstić information content (AvgIpc) is 2.29. The second-order valence-electron chi connectivity index (χ2n) is 3.67. The Morgan fingerprint density at radius 1 is 1.31 bits per heavy atom. The Kier molecular flexibility index (Phi) is 5.23. The third kappa shape index (κ3) is 4.71. The highest BCUT2D eigenvalue weighted by atomic mass is 16.5. The number of nitrogens with zero attached hydrogens (tertiary/aromatic N) is 3. The predicted octanol–water partition coefficient (Wildman–Crippen LogP) is 1.40. The molecule has 0 amide bonds. The van der Waals surface area contributed by atoms with Crippen LogP contribution in [0.5, 0.6) is 5.88 Å². The SMILES string of the molecule is CC(C)COCCOc1cnc(C#N)cn1. The molecule has 1 aromatic heterocycles. The Labute approximate surface area is 95.0 Å². The van der Waals surface area contributed by atoms with Gasteiger partial charge in [0.2, 0.25) is 5.88 Å². The number of ether oxygens (including phenoxy) is 2. The first-order valence-electron chi connectivity index (χ1n) is 5.15. The molecule has 5 nitrogen and oxygen atoms in total. The number of nitriles is 1. The zero-order valence-corrected chi connectivity index (χ0v) is 9.51. The zero-order chi connectivity index (χ0) is 11.8. The van der Waals surface area contributed by atoms with Gasteiger partial charge in [0.15, 0.2) is 5.69 Å². The van der Waals surface area contributed by atoms with Crippen LogP contribution in [0.4, 0.5) is 0 Å². The fourth-order valence-corrected chi connectivity index (χ4v) is 0.973. The van der Waals surface area contributed by atoms with E-state index in [0.717, 1.165) is 6.61 Å². The molecule has 0 saturated carbocycles. The highest BCUT2D eigenvalue weighted by Gasteiger charge is 1.98. The van der Waals surface area contributed by atoms with Crippen molar-refractivity contribution in [3.8, 4) is 11.9 Å². The van der Waals surface area contributed by atoms with Gasteiger partial charge in [-0.2, -0.15) is 5.26 Å². The molecule has 0 N–H and O–H groups in total. The maximum atomic E-state index is 8.51. The maximum absolute atomic E-state index is 8.51. The van der Waals surface area contributed by atoms with Crippen molar-refractivity contribution in [1.82, 2.24) is 9.97 Å². The summed E-state index contributed by atoms with van der Waals surface area (Å²) >= 11 is 0. The maximum Gasteiger partial charge on any atom is 0.232 e. The standard InChI is InChI=1S/C11H15N3O2/c1-9(2)8-15-3-4-16-11-7-13-10(5-12)6-14-11/h6-7,9H,3-4,8H2,1-2H3. The Bertz CT molecular complexity index is 343. The lowest BCUT2D eigenvalue weighted by Crippen LogP contribution is -2.10. The Hall–Kier alpha value is -1.67. The molecule has 86 valence electrons. The van der Waals surface area contributed by atoms with Gasteiger partial charge in [-0.15, -0.1) is 0 Å². The zero-order valence-electron chi connectivity index (χ0n) is 9.51. The van der Waals surface area contributed by atoms with Crippen molar-refractivity contribution in [1.29, 1.82) is 5.26 Å². The van der Waals surface area contributed by atoms with E-state index in [0.29, 0.717) is 25.0 Å². The van der Waals surface area contributed by atoms with E-state index in [4.69, 9.17) is 14.7 Å². The highest BCUT2D eigenvalue weighted by Crippen LogP contribution is 2.03. The minimum Gasteiger partial charge on any atom is -0.474 e. The third-order valence-corrected chi connectivity index (χ3v) is 1.67. The molecule has 0 unspecified atom stereocenters. The molecule has 0 aliphatic carbocycles. The van der Waals surface area contributed by atoms with Crippen molar-refractivity contribution in [2.45, 2.75) is 13.8 Å². The topological polar surface area (TPSA) is 68.0 Å². The van der Waals surface area contributed by atoms with E-state index in [1.807, 2.05) is 6.07 Å². The van der Waals surface area contributed by atoms with Crippen LogP contribution in [0.25, 0.3) is 0 Å². The van der Waals surface area contributed by atoms with Crippen molar-refractivity contribution in [2.75, 3.05) is 19.8 Å². The lowest BCUT2D eigenvalue weighted by molar-refractivity contribution is 0.0805. The normalized spacial score (nSPS) is 10.1. The molecule has 0 radical (unpaired) electrons. The Morgan fingerprint density at radius 2 is 2.12 bits per heavy atom. The summed E-state index contributed by atoms with van der Waals surface area (Å²) in [6, 6.07) is 1.89. The summed E-state index contributed by atoms with van der Waals surface area (Å²) in [5.74, 6) is 0.932. The van der Waals surface area contributed by atoms with Gasteiger partial charge >= 0.3 is 0 Å². The second kappa shape index (κ2) is 6.75. The summed E-state index contributed by atoms with van der Waals surface area (Å²) in [7, 11) is 0. The summed E-state index contributed by atoms with van der Waals surface area (Å²) < 4.78 is 10.6. The van der Waals surface area contributed by atoms with Crippen LogP contribution >= 0.6 is 0 Å². The highest BCUT2D eigenvalue weighted by molar-refractivity contribution is 5.18. The summed E-state index contributed by atoms with van der Waals surface area (Å²) in [5, 5.41) is 8.51. The summed E-state index contributed by atoms with van der Waals surface area (Å²) in [4.78, 5) is 7.75.